The quantitative estimate of drug-likeness (QED) is 0.444. The van der Waals surface area contributed by atoms with Crippen LogP contribution in [0, 0.1) is 11.7 Å². The number of primary sulfonamides is 1. The van der Waals surface area contributed by atoms with Gasteiger partial charge in [-0.15, -0.1) is 0 Å². The molecule has 0 saturated heterocycles. The second-order valence-corrected chi connectivity index (χ2v) is 10.2. The van der Waals surface area contributed by atoms with Gasteiger partial charge < -0.3 is 10.1 Å². The highest BCUT2D eigenvalue weighted by molar-refractivity contribution is 7.89. The number of sulfonamides is 2. The Bertz CT molecular complexity index is 1210. The number of hydrogen-bond donors (Lipinski definition) is 3. The minimum absolute atomic E-state index is 0.0956. The first-order valence-electron chi connectivity index (χ1n) is 9.17. The summed E-state index contributed by atoms with van der Waals surface area (Å²) in [6.07, 6.45) is 0. The van der Waals surface area contributed by atoms with Gasteiger partial charge in [0.2, 0.25) is 20.0 Å². The number of nitrogens with one attached hydrogen (secondary N) is 2. The molecule has 0 aliphatic heterocycles. The molecule has 0 saturated carbocycles. The number of carbonyl (C=O) groups excluding carboxylic acids is 2. The molecule has 1 atom stereocenters. The summed E-state index contributed by atoms with van der Waals surface area (Å²) in [7, 11) is -8.36. The van der Waals surface area contributed by atoms with Crippen LogP contribution in [0.3, 0.4) is 0 Å². The molecule has 0 aromatic heterocycles. The first-order chi connectivity index (χ1) is 14.8. The lowest BCUT2D eigenvalue weighted by atomic mass is 10.1. The summed E-state index contributed by atoms with van der Waals surface area (Å²) in [5.74, 6) is -3.42. The van der Waals surface area contributed by atoms with Crippen molar-refractivity contribution < 1.29 is 35.6 Å². The van der Waals surface area contributed by atoms with Gasteiger partial charge in [-0.1, -0.05) is 32.0 Å². The van der Waals surface area contributed by atoms with Crippen molar-refractivity contribution in [3.05, 3.63) is 54.3 Å². The second-order valence-electron chi connectivity index (χ2n) is 7.00. The topological polar surface area (TPSA) is 162 Å². The first kappa shape index (κ1) is 25.4. The Kier molecular flexibility index (Phi) is 8.07. The minimum Gasteiger partial charge on any atom is -0.454 e. The van der Waals surface area contributed by atoms with E-state index in [1.807, 2.05) is 0 Å². The monoisotopic (exact) mass is 487 g/mol. The van der Waals surface area contributed by atoms with Gasteiger partial charge in [0.1, 0.15) is 16.8 Å². The molecule has 32 heavy (non-hydrogen) atoms. The summed E-state index contributed by atoms with van der Waals surface area (Å²) in [4.78, 5) is 23.6. The molecule has 0 radical (unpaired) electrons. The smallest absolute Gasteiger partial charge is 0.324 e. The molecular formula is C19H22FN3O7S2. The van der Waals surface area contributed by atoms with Gasteiger partial charge in [0.25, 0.3) is 5.91 Å². The molecule has 0 aliphatic carbocycles. The summed E-state index contributed by atoms with van der Waals surface area (Å²) in [6.45, 7) is 2.30. The molecule has 174 valence electrons. The fourth-order valence-corrected chi connectivity index (χ4v) is 4.50. The predicted molar refractivity (Wildman–Crippen MR) is 113 cm³/mol. The molecular weight excluding hydrogens is 465 g/mol. The zero-order chi connectivity index (χ0) is 24.1. The lowest BCUT2D eigenvalue weighted by Crippen LogP contribution is -2.46. The Morgan fingerprint density at radius 2 is 1.72 bits per heavy atom. The predicted octanol–water partition coefficient (Wildman–Crippen LogP) is 0.958. The van der Waals surface area contributed by atoms with Crippen molar-refractivity contribution in [2.24, 2.45) is 11.1 Å². The summed E-state index contributed by atoms with van der Waals surface area (Å²) in [5.41, 5.74) is 0.0956. The fraction of sp³-hybridized carbons (Fsp3) is 0.263. The number of hydrogen-bond acceptors (Lipinski definition) is 7. The van der Waals surface area contributed by atoms with Gasteiger partial charge in [-0.05, 0) is 36.2 Å². The maximum atomic E-state index is 13.9. The molecule has 0 fully saturated rings. The minimum atomic E-state index is -4.38. The molecule has 4 N–H and O–H groups in total. The molecule has 0 heterocycles. The maximum Gasteiger partial charge on any atom is 0.324 e. The van der Waals surface area contributed by atoms with Crippen molar-refractivity contribution in [1.82, 2.24) is 4.72 Å². The SMILES string of the molecule is CC(C)C(NS(=O)(=O)c1ccccc1F)C(=O)OCC(=O)Nc1cccc(S(N)(=O)=O)c1. The largest absolute Gasteiger partial charge is 0.454 e. The van der Waals surface area contributed by atoms with Crippen LogP contribution in [0.4, 0.5) is 10.1 Å². The van der Waals surface area contributed by atoms with E-state index in [0.29, 0.717) is 0 Å². The average molecular weight is 488 g/mol. The van der Waals surface area contributed by atoms with Gasteiger partial charge in [-0.3, -0.25) is 9.59 Å². The Morgan fingerprint density at radius 3 is 2.31 bits per heavy atom. The van der Waals surface area contributed by atoms with E-state index >= 15 is 0 Å². The summed E-state index contributed by atoms with van der Waals surface area (Å²) in [5, 5.41) is 7.36. The highest BCUT2D eigenvalue weighted by Crippen LogP contribution is 2.17. The van der Waals surface area contributed by atoms with Crippen LogP contribution < -0.4 is 15.2 Å². The normalized spacial score (nSPS) is 12.9. The molecule has 1 amide bonds. The number of carbonyl (C=O) groups is 2. The zero-order valence-corrected chi connectivity index (χ0v) is 18.7. The van der Waals surface area contributed by atoms with Crippen molar-refractivity contribution >= 4 is 37.6 Å². The molecule has 2 aromatic carbocycles. The van der Waals surface area contributed by atoms with Crippen LogP contribution in [-0.4, -0.2) is 41.4 Å². The Labute approximate surface area is 185 Å². The fourth-order valence-electron chi connectivity index (χ4n) is 2.52. The third-order valence-electron chi connectivity index (χ3n) is 4.12. The highest BCUT2D eigenvalue weighted by Gasteiger charge is 2.31. The highest BCUT2D eigenvalue weighted by atomic mass is 32.2. The molecule has 0 spiro atoms. The van der Waals surface area contributed by atoms with E-state index < -0.39 is 61.2 Å². The van der Waals surface area contributed by atoms with Crippen molar-refractivity contribution in [3.8, 4) is 0 Å². The van der Waals surface area contributed by atoms with E-state index in [-0.39, 0.29) is 10.6 Å². The van der Waals surface area contributed by atoms with Crippen LogP contribution in [0.1, 0.15) is 13.8 Å². The van der Waals surface area contributed by atoms with Crippen LogP contribution in [0.15, 0.2) is 58.3 Å². The summed E-state index contributed by atoms with van der Waals surface area (Å²) in [6, 6.07) is 8.37. The number of rotatable bonds is 9. The lowest BCUT2D eigenvalue weighted by Gasteiger charge is -2.21. The van der Waals surface area contributed by atoms with Gasteiger partial charge in [-0.2, -0.15) is 4.72 Å². The molecule has 0 bridgehead atoms. The summed E-state index contributed by atoms with van der Waals surface area (Å²) < 4.78 is 68.5. The first-order valence-corrected chi connectivity index (χ1v) is 12.2. The van der Waals surface area contributed by atoms with E-state index in [2.05, 4.69) is 10.0 Å². The van der Waals surface area contributed by atoms with Gasteiger partial charge >= 0.3 is 5.97 Å². The number of amides is 1. The molecule has 2 aromatic rings. The molecule has 1 unspecified atom stereocenters. The third kappa shape index (κ3) is 6.82. The molecule has 2 rings (SSSR count). The van der Waals surface area contributed by atoms with Crippen molar-refractivity contribution in [2.45, 2.75) is 29.7 Å². The number of anilines is 1. The Morgan fingerprint density at radius 1 is 1.06 bits per heavy atom. The Balaban J connectivity index is 2.04. The third-order valence-corrected chi connectivity index (χ3v) is 6.51. The van der Waals surface area contributed by atoms with Crippen molar-refractivity contribution in [2.75, 3.05) is 11.9 Å². The van der Waals surface area contributed by atoms with E-state index in [9.17, 15) is 30.8 Å². The number of nitrogens with two attached hydrogens (primary N) is 1. The van der Waals surface area contributed by atoms with Gasteiger partial charge in [0.05, 0.1) is 4.90 Å². The van der Waals surface area contributed by atoms with E-state index in [1.54, 1.807) is 0 Å². The van der Waals surface area contributed by atoms with Gasteiger partial charge in [0.15, 0.2) is 6.61 Å². The molecule has 10 nitrogen and oxygen atoms in total. The van der Waals surface area contributed by atoms with Crippen LogP contribution in [0.2, 0.25) is 0 Å². The van der Waals surface area contributed by atoms with E-state index in [1.165, 1.54) is 44.2 Å². The maximum absolute atomic E-state index is 13.9. The Hall–Kier alpha value is -2.87. The lowest BCUT2D eigenvalue weighted by molar-refractivity contribution is -0.150. The van der Waals surface area contributed by atoms with Crippen LogP contribution in [0.5, 0.6) is 0 Å². The number of esters is 1. The average Bonchev–Trinajstić information content (AvgIpc) is 2.70. The second kappa shape index (κ2) is 10.2. The summed E-state index contributed by atoms with van der Waals surface area (Å²) >= 11 is 0. The van der Waals surface area contributed by atoms with Crippen LogP contribution in [0.25, 0.3) is 0 Å². The van der Waals surface area contributed by atoms with Crippen molar-refractivity contribution in [1.29, 1.82) is 0 Å². The molecule has 13 heteroatoms. The zero-order valence-electron chi connectivity index (χ0n) is 17.1. The van der Waals surface area contributed by atoms with Crippen LogP contribution >= 0.6 is 0 Å². The van der Waals surface area contributed by atoms with E-state index in [4.69, 9.17) is 9.88 Å². The number of ether oxygens (including phenoxy) is 1. The van der Waals surface area contributed by atoms with Crippen LogP contribution in [-0.2, 0) is 34.4 Å². The van der Waals surface area contributed by atoms with Crippen molar-refractivity contribution in [3.63, 3.8) is 0 Å². The van der Waals surface area contributed by atoms with Gasteiger partial charge in [-0.25, -0.2) is 26.4 Å². The van der Waals surface area contributed by atoms with Gasteiger partial charge in [0, 0.05) is 5.69 Å². The number of benzene rings is 2. The number of halogens is 1. The van der Waals surface area contributed by atoms with E-state index in [0.717, 1.165) is 18.2 Å². The molecule has 0 aliphatic rings. The standard InChI is InChI=1S/C19H22FN3O7S2/c1-12(2)18(23-32(28,29)16-9-4-3-8-15(16)20)19(25)30-11-17(24)22-13-6-5-7-14(10-13)31(21,26)27/h3-10,12,18,23H,11H2,1-2H3,(H,22,24)(H2,21,26,27).